The van der Waals surface area contributed by atoms with Gasteiger partial charge in [0, 0.05) is 24.7 Å². The summed E-state index contributed by atoms with van der Waals surface area (Å²) in [5.41, 5.74) is 8.03. The van der Waals surface area contributed by atoms with Crippen LogP contribution in [0.1, 0.15) is 11.3 Å². The normalized spacial score (nSPS) is 11.1. The zero-order valence-electron chi connectivity index (χ0n) is 8.21. The van der Waals surface area contributed by atoms with Crippen molar-refractivity contribution in [1.82, 2.24) is 9.78 Å². The fraction of sp³-hybridized carbons (Fsp3) is 0.300. The number of fused-ring (bicyclic) bond motifs is 1. The predicted octanol–water partition coefficient (Wildman–Crippen LogP) is 1.48. The molecule has 14 heavy (non-hydrogen) atoms. The Morgan fingerprint density at radius 1 is 1.50 bits per heavy atom. The van der Waals surface area contributed by atoms with Crippen LogP contribution in [0.2, 0.25) is 0 Å². The molecule has 0 aliphatic heterocycles. The fourth-order valence-corrected chi connectivity index (χ4v) is 1.60. The maximum absolute atomic E-state index is 13.2. The summed E-state index contributed by atoms with van der Waals surface area (Å²) in [6, 6.07) is 2.94. The molecule has 0 radical (unpaired) electrons. The van der Waals surface area contributed by atoms with E-state index in [1.807, 2.05) is 14.0 Å². The van der Waals surface area contributed by atoms with Crippen molar-refractivity contribution in [1.29, 1.82) is 0 Å². The Balaban J connectivity index is 2.87. The number of hydrogen-bond donors (Lipinski definition) is 1. The second-order valence-corrected chi connectivity index (χ2v) is 3.37. The molecule has 2 rings (SSSR count). The van der Waals surface area contributed by atoms with Crippen LogP contribution in [-0.2, 0) is 13.6 Å². The molecule has 0 aliphatic carbocycles. The third kappa shape index (κ3) is 1.19. The van der Waals surface area contributed by atoms with Crippen LogP contribution in [0.15, 0.2) is 12.1 Å². The molecule has 0 amide bonds. The van der Waals surface area contributed by atoms with Gasteiger partial charge in [-0.2, -0.15) is 5.10 Å². The number of benzene rings is 1. The quantitative estimate of drug-likeness (QED) is 0.745. The Hall–Kier alpha value is -1.42. The Bertz CT molecular complexity index is 488. The summed E-state index contributed by atoms with van der Waals surface area (Å²) in [5, 5.41) is 5.14. The molecular formula is C10H12FN3. The highest BCUT2D eigenvalue weighted by Crippen LogP contribution is 2.22. The second-order valence-electron chi connectivity index (χ2n) is 3.37. The van der Waals surface area contributed by atoms with Gasteiger partial charge in [0.1, 0.15) is 5.82 Å². The number of aromatic nitrogens is 2. The van der Waals surface area contributed by atoms with E-state index in [4.69, 9.17) is 5.73 Å². The number of nitrogens with two attached hydrogens (primary N) is 1. The lowest BCUT2D eigenvalue weighted by Gasteiger charge is -1.98. The lowest BCUT2D eigenvalue weighted by Crippen LogP contribution is -1.98. The minimum Gasteiger partial charge on any atom is -0.326 e. The van der Waals surface area contributed by atoms with Crippen LogP contribution in [0.3, 0.4) is 0 Å². The first-order valence-corrected chi connectivity index (χ1v) is 4.45. The number of rotatable bonds is 1. The average molecular weight is 193 g/mol. The molecule has 0 saturated heterocycles. The van der Waals surface area contributed by atoms with Crippen molar-refractivity contribution in [2.75, 3.05) is 0 Å². The molecular weight excluding hydrogens is 181 g/mol. The van der Waals surface area contributed by atoms with E-state index in [0.717, 1.165) is 22.2 Å². The van der Waals surface area contributed by atoms with E-state index in [0.29, 0.717) is 6.54 Å². The first-order valence-electron chi connectivity index (χ1n) is 4.45. The number of aryl methyl sites for hydroxylation is 2. The summed E-state index contributed by atoms with van der Waals surface area (Å²) >= 11 is 0. The summed E-state index contributed by atoms with van der Waals surface area (Å²) in [4.78, 5) is 0. The van der Waals surface area contributed by atoms with Crippen molar-refractivity contribution in [2.24, 2.45) is 12.8 Å². The van der Waals surface area contributed by atoms with Gasteiger partial charge in [-0.3, -0.25) is 4.68 Å². The van der Waals surface area contributed by atoms with Crippen LogP contribution < -0.4 is 5.73 Å². The van der Waals surface area contributed by atoms with Gasteiger partial charge in [-0.1, -0.05) is 0 Å². The van der Waals surface area contributed by atoms with Crippen LogP contribution in [-0.4, -0.2) is 9.78 Å². The van der Waals surface area contributed by atoms with E-state index in [9.17, 15) is 4.39 Å². The Morgan fingerprint density at radius 3 is 2.86 bits per heavy atom. The molecule has 1 aromatic carbocycles. The zero-order valence-corrected chi connectivity index (χ0v) is 8.21. The fourth-order valence-electron chi connectivity index (χ4n) is 1.60. The van der Waals surface area contributed by atoms with E-state index >= 15 is 0 Å². The summed E-state index contributed by atoms with van der Waals surface area (Å²) in [6.45, 7) is 2.22. The first kappa shape index (κ1) is 9.15. The standard InChI is InChI=1S/C10H12FN3/c1-6-9-4-8(11)3-7(5-12)10(9)13-14(6)2/h3-4H,5,12H2,1-2H3. The van der Waals surface area contributed by atoms with Crippen LogP contribution in [0.25, 0.3) is 10.9 Å². The molecule has 2 N–H and O–H groups in total. The largest absolute Gasteiger partial charge is 0.326 e. The lowest BCUT2D eigenvalue weighted by molar-refractivity contribution is 0.627. The Labute approximate surface area is 81.3 Å². The maximum Gasteiger partial charge on any atom is 0.124 e. The van der Waals surface area contributed by atoms with Crippen molar-refractivity contribution in [3.8, 4) is 0 Å². The van der Waals surface area contributed by atoms with Gasteiger partial charge in [0.2, 0.25) is 0 Å². The molecule has 3 nitrogen and oxygen atoms in total. The van der Waals surface area contributed by atoms with E-state index in [1.165, 1.54) is 12.1 Å². The highest BCUT2D eigenvalue weighted by Gasteiger charge is 2.10. The molecule has 74 valence electrons. The second kappa shape index (κ2) is 3.06. The topological polar surface area (TPSA) is 43.8 Å². The first-order chi connectivity index (χ1) is 6.63. The van der Waals surface area contributed by atoms with Gasteiger partial charge in [0.15, 0.2) is 0 Å². The molecule has 0 bridgehead atoms. The van der Waals surface area contributed by atoms with Gasteiger partial charge in [-0.25, -0.2) is 4.39 Å². The molecule has 0 unspecified atom stereocenters. The molecule has 2 aromatic rings. The highest BCUT2D eigenvalue weighted by molar-refractivity contribution is 5.84. The molecule has 0 saturated carbocycles. The average Bonchev–Trinajstić information content (AvgIpc) is 2.43. The van der Waals surface area contributed by atoms with E-state index < -0.39 is 0 Å². The molecule has 4 heteroatoms. The SMILES string of the molecule is Cc1c2cc(F)cc(CN)c2nn1C. The molecule has 0 fully saturated rings. The van der Waals surface area contributed by atoms with Crippen molar-refractivity contribution in [2.45, 2.75) is 13.5 Å². The molecule has 0 aliphatic rings. The maximum atomic E-state index is 13.2. The number of nitrogens with zero attached hydrogens (tertiary/aromatic N) is 2. The third-order valence-corrected chi connectivity index (χ3v) is 2.50. The van der Waals surface area contributed by atoms with Gasteiger partial charge in [-0.15, -0.1) is 0 Å². The number of hydrogen-bond acceptors (Lipinski definition) is 2. The predicted molar refractivity (Wildman–Crippen MR) is 53.3 cm³/mol. The van der Waals surface area contributed by atoms with Crippen LogP contribution in [0, 0.1) is 12.7 Å². The molecule has 0 atom stereocenters. The van der Waals surface area contributed by atoms with Crippen molar-refractivity contribution < 1.29 is 4.39 Å². The van der Waals surface area contributed by atoms with Gasteiger partial charge in [0.05, 0.1) is 5.52 Å². The van der Waals surface area contributed by atoms with Crippen LogP contribution in [0.4, 0.5) is 4.39 Å². The van der Waals surface area contributed by atoms with Crippen LogP contribution in [0.5, 0.6) is 0 Å². The van der Waals surface area contributed by atoms with Gasteiger partial charge >= 0.3 is 0 Å². The number of halogens is 1. The van der Waals surface area contributed by atoms with E-state index in [-0.39, 0.29) is 5.82 Å². The summed E-state index contributed by atoms with van der Waals surface area (Å²) in [6.07, 6.45) is 0. The third-order valence-electron chi connectivity index (χ3n) is 2.50. The van der Waals surface area contributed by atoms with Gasteiger partial charge < -0.3 is 5.73 Å². The monoisotopic (exact) mass is 193 g/mol. The van der Waals surface area contributed by atoms with E-state index in [1.54, 1.807) is 4.68 Å². The van der Waals surface area contributed by atoms with Gasteiger partial charge in [-0.05, 0) is 24.6 Å². The van der Waals surface area contributed by atoms with E-state index in [2.05, 4.69) is 5.10 Å². The summed E-state index contributed by atoms with van der Waals surface area (Å²) in [7, 11) is 1.84. The molecule has 1 heterocycles. The lowest BCUT2D eigenvalue weighted by atomic mass is 10.1. The molecule has 0 spiro atoms. The zero-order chi connectivity index (χ0) is 10.3. The Kier molecular flexibility index (Phi) is 2.00. The summed E-state index contributed by atoms with van der Waals surface area (Å²) < 4.78 is 14.9. The Morgan fingerprint density at radius 2 is 2.21 bits per heavy atom. The van der Waals surface area contributed by atoms with Crippen molar-refractivity contribution in [3.05, 3.63) is 29.2 Å². The smallest absolute Gasteiger partial charge is 0.124 e. The highest BCUT2D eigenvalue weighted by atomic mass is 19.1. The van der Waals surface area contributed by atoms with Crippen molar-refractivity contribution >= 4 is 10.9 Å². The minimum absolute atomic E-state index is 0.256. The van der Waals surface area contributed by atoms with Crippen LogP contribution >= 0.6 is 0 Å². The molecule has 1 aromatic heterocycles. The van der Waals surface area contributed by atoms with Crippen molar-refractivity contribution in [3.63, 3.8) is 0 Å². The van der Waals surface area contributed by atoms with Gasteiger partial charge in [0.25, 0.3) is 0 Å². The summed E-state index contributed by atoms with van der Waals surface area (Å²) in [5.74, 6) is -0.256. The minimum atomic E-state index is -0.256.